The van der Waals surface area contributed by atoms with E-state index in [-0.39, 0.29) is 0 Å². The maximum absolute atomic E-state index is 12.0. The van der Waals surface area contributed by atoms with Gasteiger partial charge in [0.15, 0.2) is 11.6 Å². The van der Waals surface area contributed by atoms with Crippen LogP contribution in [0.3, 0.4) is 0 Å². The highest BCUT2D eigenvalue weighted by Gasteiger charge is 2.09. The monoisotopic (exact) mass is 149 g/mol. The average Bonchev–Trinajstić information content (AvgIpc) is 1.84. The molecule has 54 valence electrons. The maximum atomic E-state index is 12.0. The van der Waals surface area contributed by atoms with Crippen molar-refractivity contribution < 1.29 is 18.3 Å². The van der Waals surface area contributed by atoms with Gasteiger partial charge in [-0.15, -0.1) is 0 Å². The Morgan fingerprint density at radius 3 is 2.30 bits per heavy atom. The first-order valence-electron chi connectivity index (χ1n) is 2.32. The highest BCUT2D eigenvalue weighted by Crippen LogP contribution is 2.14. The topological polar surface area (TPSA) is 33.1 Å². The molecule has 0 radical (unpaired) electrons. The van der Waals surface area contributed by atoms with Crippen LogP contribution in [0.1, 0.15) is 0 Å². The molecular formula is C5H2F3NO. The number of aromatic nitrogens is 1. The van der Waals surface area contributed by atoms with Crippen molar-refractivity contribution in [2.75, 3.05) is 0 Å². The van der Waals surface area contributed by atoms with E-state index in [1.165, 1.54) is 0 Å². The molecule has 2 nitrogen and oxygen atoms in total. The molecule has 1 rings (SSSR count). The molecule has 0 aliphatic carbocycles. The molecule has 5 heteroatoms. The normalized spacial score (nSPS) is 9.90. The van der Waals surface area contributed by atoms with Gasteiger partial charge in [-0.1, -0.05) is 0 Å². The third kappa shape index (κ3) is 1.02. The largest absolute Gasteiger partial charge is 0.504 e. The Kier molecular flexibility index (Phi) is 1.48. The van der Waals surface area contributed by atoms with Crippen LogP contribution in [0.4, 0.5) is 13.2 Å². The van der Waals surface area contributed by atoms with Crippen molar-refractivity contribution in [1.82, 2.24) is 4.98 Å². The Labute approximate surface area is 53.9 Å². The maximum Gasteiger partial charge on any atom is 0.257 e. The summed E-state index contributed by atoms with van der Waals surface area (Å²) in [7, 11) is 0. The van der Waals surface area contributed by atoms with Gasteiger partial charge in [-0.25, -0.2) is 4.39 Å². The van der Waals surface area contributed by atoms with Gasteiger partial charge in [0, 0.05) is 6.07 Å². The first kappa shape index (κ1) is 6.85. The standard InChI is InChI=1S/C5H2F3NO/c6-2-1-3(10)5(8)9-4(2)7/h1,10H. The summed E-state index contributed by atoms with van der Waals surface area (Å²) in [6.07, 6.45) is 0. The summed E-state index contributed by atoms with van der Waals surface area (Å²) in [4.78, 5) is 2.41. The zero-order chi connectivity index (χ0) is 7.72. The van der Waals surface area contributed by atoms with Crippen LogP contribution in [0.15, 0.2) is 6.07 Å². The number of rotatable bonds is 0. The Hall–Kier alpha value is -1.26. The summed E-state index contributed by atoms with van der Waals surface area (Å²) in [6, 6.07) is 0.317. The lowest BCUT2D eigenvalue weighted by molar-refractivity contribution is 0.383. The van der Waals surface area contributed by atoms with E-state index in [2.05, 4.69) is 4.98 Å². The van der Waals surface area contributed by atoms with Gasteiger partial charge in [0.2, 0.25) is 0 Å². The van der Waals surface area contributed by atoms with Crippen LogP contribution >= 0.6 is 0 Å². The second kappa shape index (κ2) is 2.17. The van der Waals surface area contributed by atoms with E-state index in [4.69, 9.17) is 5.11 Å². The molecule has 0 aliphatic rings. The van der Waals surface area contributed by atoms with E-state index >= 15 is 0 Å². The molecule has 1 aromatic rings. The molecule has 1 heterocycles. The van der Waals surface area contributed by atoms with Crippen LogP contribution in [0.5, 0.6) is 5.75 Å². The molecule has 1 aromatic heterocycles. The summed E-state index contributed by atoms with van der Waals surface area (Å²) >= 11 is 0. The van der Waals surface area contributed by atoms with Crippen molar-refractivity contribution in [2.45, 2.75) is 0 Å². The van der Waals surface area contributed by atoms with E-state index in [1.807, 2.05) is 0 Å². The first-order chi connectivity index (χ1) is 4.61. The lowest BCUT2D eigenvalue weighted by Gasteiger charge is -1.93. The number of aromatic hydroxyl groups is 1. The number of nitrogens with zero attached hydrogens (tertiary/aromatic N) is 1. The zero-order valence-corrected chi connectivity index (χ0v) is 4.61. The molecule has 0 saturated carbocycles. The summed E-state index contributed by atoms with van der Waals surface area (Å²) in [5, 5.41) is 8.38. The molecule has 0 aromatic carbocycles. The van der Waals surface area contributed by atoms with Gasteiger partial charge in [0.05, 0.1) is 0 Å². The van der Waals surface area contributed by atoms with Gasteiger partial charge in [0.25, 0.3) is 11.9 Å². The Balaban J connectivity index is 3.28. The fourth-order valence-corrected chi connectivity index (χ4v) is 0.436. The van der Waals surface area contributed by atoms with Crippen LogP contribution in [0.25, 0.3) is 0 Å². The van der Waals surface area contributed by atoms with Gasteiger partial charge in [-0.05, 0) is 0 Å². The highest BCUT2D eigenvalue weighted by atomic mass is 19.2. The number of hydrogen-bond donors (Lipinski definition) is 1. The van der Waals surface area contributed by atoms with Gasteiger partial charge >= 0.3 is 0 Å². The lowest BCUT2D eigenvalue weighted by atomic mass is 10.4. The smallest absolute Gasteiger partial charge is 0.257 e. The van der Waals surface area contributed by atoms with Crippen LogP contribution < -0.4 is 0 Å². The molecule has 0 saturated heterocycles. The SMILES string of the molecule is Oc1cc(F)c(F)nc1F. The summed E-state index contributed by atoms with van der Waals surface area (Å²) in [5.74, 6) is -5.35. The molecule has 0 amide bonds. The van der Waals surface area contributed by atoms with Crippen molar-refractivity contribution in [3.05, 3.63) is 23.8 Å². The quantitative estimate of drug-likeness (QED) is 0.562. The minimum Gasteiger partial charge on any atom is -0.504 e. The van der Waals surface area contributed by atoms with Crippen molar-refractivity contribution in [3.8, 4) is 5.75 Å². The molecule has 0 fully saturated rings. The summed E-state index contributed by atoms with van der Waals surface area (Å²) in [5.41, 5.74) is 0. The third-order valence-electron chi connectivity index (χ3n) is 0.868. The third-order valence-corrected chi connectivity index (χ3v) is 0.868. The van der Waals surface area contributed by atoms with Crippen LogP contribution in [0, 0.1) is 17.7 Å². The Morgan fingerprint density at radius 1 is 1.20 bits per heavy atom. The van der Waals surface area contributed by atoms with Gasteiger partial charge < -0.3 is 5.11 Å². The minimum atomic E-state index is -1.56. The van der Waals surface area contributed by atoms with E-state index in [9.17, 15) is 13.2 Å². The predicted molar refractivity (Wildman–Crippen MR) is 25.8 cm³/mol. The summed E-state index contributed by atoms with van der Waals surface area (Å²) in [6.45, 7) is 0. The zero-order valence-electron chi connectivity index (χ0n) is 4.61. The lowest BCUT2D eigenvalue weighted by Crippen LogP contribution is -1.92. The first-order valence-corrected chi connectivity index (χ1v) is 2.32. The fourth-order valence-electron chi connectivity index (χ4n) is 0.436. The number of halogens is 3. The van der Waals surface area contributed by atoms with Crippen molar-refractivity contribution in [1.29, 1.82) is 0 Å². The van der Waals surface area contributed by atoms with E-state index < -0.39 is 23.5 Å². The molecule has 0 spiro atoms. The Morgan fingerprint density at radius 2 is 1.80 bits per heavy atom. The minimum absolute atomic E-state index is 0.317. The number of hydrogen-bond acceptors (Lipinski definition) is 2. The number of pyridine rings is 1. The molecule has 10 heavy (non-hydrogen) atoms. The molecule has 0 atom stereocenters. The van der Waals surface area contributed by atoms with Gasteiger partial charge in [-0.3, -0.25) is 0 Å². The second-order valence-electron chi connectivity index (χ2n) is 1.57. The highest BCUT2D eigenvalue weighted by molar-refractivity contribution is 5.17. The molecule has 0 bridgehead atoms. The average molecular weight is 149 g/mol. The van der Waals surface area contributed by atoms with Crippen LogP contribution in [-0.4, -0.2) is 10.1 Å². The van der Waals surface area contributed by atoms with E-state index in [0.717, 1.165) is 0 Å². The van der Waals surface area contributed by atoms with Crippen molar-refractivity contribution >= 4 is 0 Å². The molecule has 0 aliphatic heterocycles. The summed E-state index contributed by atoms with van der Waals surface area (Å²) < 4.78 is 35.9. The van der Waals surface area contributed by atoms with Crippen molar-refractivity contribution in [3.63, 3.8) is 0 Å². The van der Waals surface area contributed by atoms with Gasteiger partial charge in [0.1, 0.15) is 0 Å². The molecule has 0 unspecified atom stereocenters. The second-order valence-corrected chi connectivity index (χ2v) is 1.57. The molecule has 1 N–H and O–H groups in total. The van der Waals surface area contributed by atoms with Gasteiger partial charge in [-0.2, -0.15) is 13.8 Å². The van der Waals surface area contributed by atoms with Crippen LogP contribution in [-0.2, 0) is 0 Å². The van der Waals surface area contributed by atoms with Crippen molar-refractivity contribution in [2.24, 2.45) is 0 Å². The van der Waals surface area contributed by atoms with Crippen LogP contribution in [0.2, 0.25) is 0 Å². The fraction of sp³-hybridized carbons (Fsp3) is 0. The van der Waals surface area contributed by atoms with E-state index in [1.54, 1.807) is 0 Å². The predicted octanol–water partition coefficient (Wildman–Crippen LogP) is 1.20. The molecular weight excluding hydrogens is 147 g/mol. The Bertz CT molecular complexity index is 213. The van der Waals surface area contributed by atoms with E-state index in [0.29, 0.717) is 6.07 Å².